The van der Waals surface area contributed by atoms with E-state index in [1.165, 1.54) is 7.11 Å². The van der Waals surface area contributed by atoms with E-state index in [9.17, 15) is 4.79 Å². The topological polar surface area (TPSA) is 49.8 Å². The van der Waals surface area contributed by atoms with Crippen molar-refractivity contribution in [1.82, 2.24) is 4.90 Å². The van der Waals surface area contributed by atoms with E-state index in [1.54, 1.807) is 4.90 Å². The van der Waals surface area contributed by atoms with Gasteiger partial charge in [-0.2, -0.15) is 0 Å². The molecule has 0 aliphatic carbocycles. The molecule has 0 unspecified atom stereocenters. The number of aliphatic hydroxyl groups is 1. The average Bonchev–Trinajstić information content (AvgIpc) is 2.00. The van der Waals surface area contributed by atoms with Gasteiger partial charge in [-0.1, -0.05) is 0 Å². The molecule has 0 aliphatic rings. The molecule has 0 aliphatic heterocycles. The first-order valence-corrected chi connectivity index (χ1v) is 3.63. The molecule has 0 saturated heterocycles. The van der Waals surface area contributed by atoms with Crippen LogP contribution in [0.3, 0.4) is 0 Å². The fourth-order valence-electron chi connectivity index (χ4n) is 0.795. The van der Waals surface area contributed by atoms with Gasteiger partial charge in [-0.05, 0) is 6.92 Å². The van der Waals surface area contributed by atoms with Crippen LogP contribution in [0.25, 0.3) is 0 Å². The standard InChI is InChI=1S/C7H15NO3/c1-3-8(4-5-9)7(10)6-11-2/h9H,3-6H2,1-2H3. The fourth-order valence-corrected chi connectivity index (χ4v) is 0.795. The molecule has 0 radical (unpaired) electrons. The van der Waals surface area contributed by atoms with E-state index in [0.717, 1.165) is 0 Å². The summed E-state index contributed by atoms with van der Waals surface area (Å²) in [4.78, 5) is 12.6. The summed E-state index contributed by atoms with van der Waals surface area (Å²) in [6, 6.07) is 0. The van der Waals surface area contributed by atoms with Crippen LogP contribution in [0.1, 0.15) is 6.92 Å². The molecule has 0 aromatic carbocycles. The second-order valence-corrected chi connectivity index (χ2v) is 2.13. The van der Waals surface area contributed by atoms with Gasteiger partial charge in [0, 0.05) is 20.2 Å². The number of hydrogen-bond donors (Lipinski definition) is 1. The first kappa shape index (κ1) is 10.4. The van der Waals surface area contributed by atoms with Crippen molar-refractivity contribution in [2.24, 2.45) is 0 Å². The SMILES string of the molecule is CCN(CCO)C(=O)COC. The number of ether oxygens (including phenoxy) is 1. The number of amides is 1. The number of likely N-dealkylation sites (N-methyl/N-ethyl adjacent to an activating group) is 1. The normalized spacial score (nSPS) is 9.73. The van der Waals surface area contributed by atoms with Crippen molar-refractivity contribution >= 4 is 5.91 Å². The lowest BCUT2D eigenvalue weighted by Gasteiger charge is -2.18. The summed E-state index contributed by atoms with van der Waals surface area (Å²) >= 11 is 0. The van der Waals surface area contributed by atoms with Crippen LogP contribution in [0.5, 0.6) is 0 Å². The van der Waals surface area contributed by atoms with E-state index in [1.807, 2.05) is 6.92 Å². The van der Waals surface area contributed by atoms with Crippen molar-refractivity contribution < 1.29 is 14.6 Å². The molecule has 0 spiro atoms. The predicted molar refractivity (Wildman–Crippen MR) is 41.2 cm³/mol. The number of aliphatic hydroxyl groups excluding tert-OH is 1. The van der Waals surface area contributed by atoms with Crippen LogP contribution in [0.4, 0.5) is 0 Å². The Labute approximate surface area is 66.8 Å². The van der Waals surface area contributed by atoms with E-state index in [0.29, 0.717) is 13.1 Å². The molecule has 0 saturated carbocycles. The smallest absolute Gasteiger partial charge is 0.248 e. The Morgan fingerprint density at radius 2 is 2.27 bits per heavy atom. The van der Waals surface area contributed by atoms with E-state index in [4.69, 9.17) is 5.11 Å². The quantitative estimate of drug-likeness (QED) is 0.590. The summed E-state index contributed by atoms with van der Waals surface area (Å²) in [6.07, 6.45) is 0. The minimum Gasteiger partial charge on any atom is -0.395 e. The van der Waals surface area contributed by atoms with E-state index >= 15 is 0 Å². The minimum absolute atomic E-state index is 0.00327. The fraction of sp³-hybridized carbons (Fsp3) is 0.857. The Balaban J connectivity index is 3.71. The Bertz CT molecular complexity index is 116. The molecule has 4 nitrogen and oxygen atoms in total. The second kappa shape index (κ2) is 6.12. The lowest BCUT2D eigenvalue weighted by molar-refractivity contribution is -0.135. The third kappa shape index (κ3) is 3.95. The van der Waals surface area contributed by atoms with Crippen molar-refractivity contribution in [3.8, 4) is 0 Å². The molecule has 0 aromatic heterocycles. The summed E-state index contributed by atoms with van der Waals surface area (Å²) in [5.41, 5.74) is 0. The Morgan fingerprint density at radius 1 is 1.64 bits per heavy atom. The number of carbonyl (C=O) groups is 1. The molecule has 0 heterocycles. The molecule has 0 rings (SSSR count). The van der Waals surface area contributed by atoms with Gasteiger partial charge in [-0.25, -0.2) is 0 Å². The van der Waals surface area contributed by atoms with Crippen molar-refractivity contribution in [2.45, 2.75) is 6.92 Å². The van der Waals surface area contributed by atoms with Gasteiger partial charge < -0.3 is 14.7 Å². The molecule has 11 heavy (non-hydrogen) atoms. The third-order valence-electron chi connectivity index (χ3n) is 1.37. The maximum absolute atomic E-state index is 11.1. The van der Waals surface area contributed by atoms with E-state index < -0.39 is 0 Å². The largest absolute Gasteiger partial charge is 0.395 e. The highest BCUT2D eigenvalue weighted by molar-refractivity contribution is 5.77. The highest BCUT2D eigenvalue weighted by Crippen LogP contribution is 1.88. The number of nitrogens with zero attached hydrogens (tertiary/aromatic N) is 1. The van der Waals surface area contributed by atoms with Crippen LogP contribution in [0.2, 0.25) is 0 Å². The molecule has 1 N–H and O–H groups in total. The zero-order valence-electron chi connectivity index (χ0n) is 7.04. The maximum atomic E-state index is 11.1. The van der Waals surface area contributed by atoms with Crippen LogP contribution in [-0.4, -0.2) is 49.3 Å². The molecular formula is C7H15NO3. The van der Waals surface area contributed by atoms with Gasteiger partial charge in [-0.15, -0.1) is 0 Å². The van der Waals surface area contributed by atoms with Gasteiger partial charge >= 0.3 is 0 Å². The third-order valence-corrected chi connectivity index (χ3v) is 1.37. The van der Waals surface area contributed by atoms with Gasteiger partial charge in [0.25, 0.3) is 0 Å². The van der Waals surface area contributed by atoms with Crippen molar-refractivity contribution in [3.63, 3.8) is 0 Å². The summed E-state index contributed by atoms with van der Waals surface area (Å²) < 4.78 is 4.66. The number of rotatable bonds is 5. The molecular weight excluding hydrogens is 146 g/mol. The highest BCUT2D eigenvalue weighted by atomic mass is 16.5. The first-order chi connectivity index (χ1) is 5.26. The summed E-state index contributed by atoms with van der Waals surface area (Å²) in [5.74, 6) is -0.0796. The van der Waals surface area contributed by atoms with Crippen molar-refractivity contribution in [1.29, 1.82) is 0 Å². The zero-order valence-corrected chi connectivity index (χ0v) is 7.04. The molecule has 4 heteroatoms. The van der Waals surface area contributed by atoms with Crippen LogP contribution in [0, 0.1) is 0 Å². The van der Waals surface area contributed by atoms with Crippen LogP contribution in [0.15, 0.2) is 0 Å². The molecule has 66 valence electrons. The van der Waals surface area contributed by atoms with Gasteiger partial charge in [-0.3, -0.25) is 4.79 Å². The van der Waals surface area contributed by atoms with Gasteiger partial charge in [0.1, 0.15) is 6.61 Å². The van der Waals surface area contributed by atoms with E-state index in [2.05, 4.69) is 4.74 Å². The van der Waals surface area contributed by atoms with Crippen LogP contribution in [-0.2, 0) is 9.53 Å². The van der Waals surface area contributed by atoms with Crippen molar-refractivity contribution in [3.05, 3.63) is 0 Å². The van der Waals surface area contributed by atoms with Gasteiger partial charge in [0.2, 0.25) is 5.91 Å². The second-order valence-electron chi connectivity index (χ2n) is 2.13. The number of hydrogen-bond acceptors (Lipinski definition) is 3. The lowest BCUT2D eigenvalue weighted by Crippen LogP contribution is -2.35. The Kier molecular flexibility index (Phi) is 5.78. The van der Waals surface area contributed by atoms with Gasteiger partial charge in [0.05, 0.1) is 6.61 Å². The average molecular weight is 161 g/mol. The number of carbonyl (C=O) groups excluding carboxylic acids is 1. The number of methoxy groups -OCH3 is 1. The lowest BCUT2D eigenvalue weighted by atomic mass is 10.4. The Morgan fingerprint density at radius 3 is 2.64 bits per heavy atom. The monoisotopic (exact) mass is 161 g/mol. The minimum atomic E-state index is -0.0796. The van der Waals surface area contributed by atoms with Gasteiger partial charge in [0.15, 0.2) is 0 Å². The Hall–Kier alpha value is -0.610. The molecule has 0 aromatic rings. The highest BCUT2D eigenvalue weighted by Gasteiger charge is 2.08. The van der Waals surface area contributed by atoms with Crippen molar-refractivity contribution in [2.75, 3.05) is 33.4 Å². The summed E-state index contributed by atoms with van der Waals surface area (Å²) in [5, 5.41) is 8.55. The maximum Gasteiger partial charge on any atom is 0.248 e. The molecule has 0 fully saturated rings. The summed E-state index contributed by atoms with van der Waals surface area (Å²) in [6.45, 7) is 2.96. The molecule has 0 atom stereocenters. The van der Waals surface area contributed by atoms with Crippen LogP contribution < -0.4 is 0 Å². The predicted octanol–water partition coefficient (Wildman–Crippen LogP) is -0.526. The molecule has 1 amide bonds. The first-order valence-electron chi connectivity index (χ1n) is 3.63. The zero-order chi connectivity index (χ0) is 8.69. The van der Waals surface area contributed by atoms with E-state index in [-0.39, 0.29) is 19.1 Å². The summed E-state index contributed by atoms with van der Waals surface area (Å²) in [7, 11) is 1.48. The molecule has 0 bridgehead atoms. The van der Waals surface area contributed by atoms with Crippen LogP contribution >= 0.6 is 0 Å².